The minimum atomic E-state index is -0.338. The molecule has 0 fully saturated rings. The Bertz CT molecular complexity index is 1420. The van der Waals surface area contributed by atoms with Crippen molar-refractivity contribution in [3.63, 3.8) is 0 Å². The zero-order valence-electron chi connectivity index (χ0n) is 18.5. The van der Waals surface area contributed by atoms with E-state index in [-0.39, 0.29) is 30.7 Å². The van der Waals surface area contributed by atoms with Gasteiger partial charge in [-0.2, -0.15) is 0 Å². The summed E-state index contributed by atoms with van der Waals surface area (Å²) in [6.45, 7) is 0.527. The number of halogens is 2. The quantitative estimate of drug-likeness (QED) is 0.329. The van der Waals surface area contributed by atoms with E-state index >= 15 is 0 Å². The molecule has 1 N–H and O–H groups in total. The molecule has 0 saturated carbocycles. The van der Waals surface area contributed by atoms with E-state index in [0.29, 0.717) is 21.8 Å². The molecule has 1 aliphatic heterocycles. The molecule has 0 spiro atoms. The molecule has 4 nitrogen and oxygen atoms in total. The van der Waals surface area contributed by atoms with Crippen molar-refractivity contribution in [1.82, 2.24) is 5.32 Å². The number of carbonyl (C=O) groups is 2. The maximum absolute atomic E-state index is 13.6. The summed E-state index contributed by atoms with van der Waals surface area (Å²) in [7, 11) is 0. The van der Waals surface area contributed by atoms with Gasteiger partial charge in [0.2, 0.25) is 0 Å². The molecule has 35 heavy (non-hydrogen) atoms. The third-order valence-electron chi connectivity index (χ3n) is 5.75. The second-order valence-corrected chi connectivity index (χ2v) is 9.56. The topological polar surface area (TPSA) is 49.4 Å². The Morgan fingerprint density at radius 3 is 2.46 bits per heavy atom. The number of hydrogen-bond acceptors (Lipinski definition) is 3. The second kappa shape index (κ2) is 9.94. The van der Waals surface area contributed by atoms with Gasteiger partial charge in [0, 0.05) is 26.9 Å². The van der Waals surface area contributed by atoms with Crippen LogP contribution in [0.5, 0.6) is 0 Å². The van der Waals surface area contributed by atoms with Gasteiger partial charge in [0.25, 0.3) is 11.8 Å². The van der Waals surface area contributed by atoms with Gasteiger partial charge in [-0.1, -0.05) is 65.8 Å². The van der Waals surface area contributed by atoms with E-state index in [2.05, 4.69) is 5.32 Å². The first-order valence-corrected chi connectivity index (χ1v) is 12.2. The number of carbonyl (C=O) groups excluding carboxylic acids is 2. The SMILES string of the molecule is O=C(NCc1ccccc1Cl)c1ccc2c(c1)N(Cc1ccc(F)cc1)C(=O)c1ccccc1S2. The van der Waals surface area contributed by atoms with Crippen molar-refractivity contribution in [2.75, 3.05) is 4.90 Å². The predicted molar refractivity (Wildman–Crippen MR) is 137 cm³/mol. The van der Waals surface area contributed by atoms with Gasteiger partial charge in [-0.25, -0.2) is 4.39 Å². The van der Waals surface area contributed by atoms with Crippen LogP contribution in [0.1, 0.15) is 31.8 Å². The van der Waals surface area contributed by atoms with Gasteiger partial charge in [0.05, 0.1) is 17.8 Å². The molecule has 7 heteroatoms. The van der Waals surface area contributed by atoms with Crippen molar-refractivity contribution in [2.24, 2.45) is 0 Å². The number of nitrogens with one attached hydrogen (secondary N) is 1. The van der Waals surface area contributed by atoms with Crippen LogP contribution in [0.25, 0.3) is 0 Å². The van der Waals surface area contributed by atoms with Crippen molar-refractivity contribution < 1.29 is 14.0 Å². The zero-order chi connectivity index (χ0) is 24.4. The van der Waals surface area contributed by atoms with Crippen LogP contribution >= 0.6 is 23.4 Å². The van der Waals surface area contributed by atoms with E-state index in [0.717, 1.165) is 20.9 Å². The standard InChI is InChI=1S/C28H20ClFN2O2S/c29-23-7-3-1-5-20(23)16-31-27(33)19-11-14-26-24(15-19)32(17-18-9-12-21(30)13-10-18)28(34)22-6-2-4-8-25(22)35-26/h1-15H,16-17H2,(H,31,33). The van der Waals surface area contributed by atoms with Gasteiger partial charge in [-0.05, 0) is 59.7 Å². The fraction of sp³-hybridized carbons (Fsp3) is 0.0714. The van der Waals surface area contributed by atoms with Gasteiger partial charge in [-0.3, -0.25) is 9.59 Å². The van der Waals surface area contributed by atoms with Gasteiger partial charge in [-0.15, -0.1) is 0 Å². The van der Waals surface area contributed by atoms with Crippen LogP contribution in [0.2, 0.25) is 5.02 Å². The number of amides is 2. The highest BCUT2D eigenvalue weighted by molar-refractivity contribution is 7.99. The Morgan fingerprint density at radius 1 is 0.914 bits per heavy atom. The summed E-state index contributed by atoms with van der Waals surface area (Å²) in [5.41, 5.74) is 3.24. The highest BCUT2D eigenvalue weighted by atomic mass is 35.5. The molecular formula is C28H20ClFN2O2S. The first kappa shape index (κ1) is 23.1. The van der Waals surface area contributed by atoms with Crippen LogP contribution in [0.4, 0.5) is 10.1 Å². The molecule has 2 amide bonds. The predicted octanol–water partition coefficient (Wildman–Crippen LogP) is 6.72. The van der Waals surface area contributed by atoms with Crippen molar-refractivity contribution in [3.05, 3.63) is 124 Å². The van der Waals surface area contributed by atoms with Crippen LogP contribution in [-0.4, -0.2) is 11.8 Å². The largest absolute Gasteiger partial charge is 0.348 e. The number of rotatable bonds is 5. The average Bonchev–Trinajstić information content (AvgIpc) is 2.99. The summed E-state index contributed by atoms with van der Waals surface area (Å²) < 4.78 is 13.5. The number of benzene rings is 4. The molecule has 174 valence electrons. The number of fused-ring (bicyclic) bond motifs is 2. The molecule has 4 aromatic carbocycles. The van der Waals surface area contributed by atoms with E-state index < -0.39 is 0 Å². The molecule has 0 atom stereocenters. The summed E-state index contributed by atoms with van der Waals surface area (Å²) in [5.74, 6) is -0.784. The number of nitrogens with zero attached hydrogens (tertiary/aromatic N) is 1. The molecule has 0 unspecified atom stereocenters. The zero-order valence-corrected chi connectivity index (χ0v) is 20.1. The Morgan fingerprint density at radius 2 is 1.66 bits per heavy atom. The fourth-order valence-electron chi connectivity index (χ4n) is 3.91. The van der Waals surface area contributed by atoms with E-state index in [4.69, 9.17) is 11.6 Å². The second-order valence-electron chi connectivity index (χ2n) is 8.07. The average molecular weight is 503 g/mol. The lowest BCUT2D eigenvalue weighted by Gasteiger charge is -2.24. The minimum absolute atomic E-state index is 0.176. The van der Waals surface area contributed by atoms with E-state index in [1.807, 2.05) is 42.5 Å². The lowest BCUT2D eigenvalue weighted by Crippen LogP contribution is -2.31. The monoisotopic (exact) mass is 502 g/mol. The van der Waals surface area contributed by atoms with Crippen molar-refractivity contribution in [2.45, 2.75) is 22.9 Å². The maximum Gasteiger partial charge on any atom is 0.259 e. The smallest absolute Gasteiger partial charge is 0.259 e. The highest BCUT2D eigenvalue weighted by Crippen LogP contribution is 2.42. The normalized spacial score (nSPS) is 12.5. The van der Waals surface area contributed by atoms with Gasteiger partial charge in [0.15, 0.2) is 0 Å². The maximum atomic E-state index is 13.6. The molecule has 0 bridgehead atoms. The Kier molecular flexibility index (Phi) is 6.57. The van der Waals surface area contributed by atoms with Crippen LogP contribution in [-0.2, 0) is 13.1 Å². The molecule has 4 aromatic rings. The van der Waals surface area contributed by atoms with Gasteiger partial charge in [0.1, 0.15) is 5.82 Å². The first-order chi connectivity index (χ1) is 17.0. The fourth-order valence-corrected chi connectivity index (χ4v) is 5.17. The summed E-state index contributed by atoms with van der Waals surface area (Å²) in [5, 5.41) is 3.49. The molecular weight excluding hydrogens is 483 g/mol. The molecule has 5 rings (SSSR count). The molecule has 1 heterocycles. The molecule has 1 aliphatic rings. The summed E-state index contributed by atoms with van der Waals surface area (Å²) in [6, 6.07) is 26.2. The van der Waals surface area contributed by atoms with Crippen molar-refractivity contribution in [3.8, 4) is 0 Å². The van der Waals surface area contributed by atoms with Crippen LogP contribution in [0.3, 0.4) is 0 Å². The van der Waals surface area contributed by atoms with E-state index in [1.165, 1.54) is 23.9 Å². The van der Waals surface area contributed by atoms with Gasteiger partial charge >= 0.3 is 0 Å². The Balaban J connectivity index is 1.49. The Labute approximate surface area is 211 Å². The lowest BCUT2D eigenvalue weighted by molar-refractivity contribution is 0.0947. The van der Waals surface area contributed by atoms with Crippen LogP contribution in [0.15, 0.2) is 101 Å². The highest BCUT2D eigenvalue weighted by Gasteiger charge is 2.28. The van der Waals surface area contributed by atoms with Crippen LogP contribution in [0, 0.1) is 5.82 Å². The third kappa shape index (κ3) is 4.94. The van der Waals surface area contributed by atoms with E-state index in [1.54, 1.807) is 41.3 Å². The summed E-state index contributed by atoms with van der Waals surface area (Å²) >= 11 is 7.70. The van der Waals surface area contributed by atoms with Crippen molar-refractivity contribution >= 4 is 40.9 Å². The Hall–Kier alpha value is -3.61. The number of hydrogen-bond donors (Lipinski definition) is 1. The molecule has 0 saturated heterocycles. The van der Waals surface area contributed by atoms with Crippen molar-refractivity contribution in [1.29, 1.82) is 0 Å². The third-order valence-corrected chi connectivity index (χ3v) is 7.26. The summed E-state index contributed by atoms with van der Waals surface area (Å²) in [6.07, 6.45) is 0. The van der Waals surface area contributed by atoms with E-state index in [9.17, 15) is 14.0 Å². The number of anilines is 1. The minimum Gasteiger partial charge on any atom is -0.348 e. The van der Waals surface area contributed by atoms with Crippen LogP contribution < -0.4 is 10.2 Å². The summed E-state index contributed by atoms with van der Waals surface area (Å²) in [4.78, 5) is 30.0. The van der Waals surface area contributed by atoms with Gasteiger partial charge < -0.3 is 10.2 Å². The molecule has 0 aromatic heterocycles. The molecule has 0 aliphatic carbocycles. The lowest BCUT2D eigenvalue weighted by atomic mass is 10.1. The molecule has 0 radical (unpaired) electrons. The first-order valence-electron chi connectivity index (χ1n) is 11.0.